The maximum atomic E-state index is 13.2. The molecule has 0 saturated carbocycles. The van der Waals surface area contributed by atoms with Crippen LogP contribution in [-0.4, -0.2) is 24.9 Å². The molecule has 0 saturated heterocycles. The van der Waals surface area contributed by atoms with Gasteiger partial charge in [0.15, 0.2) is 0 Å². The number of nitrogen functional groups attached to an aromatic ring is 1. The van der Waals surface area contributed by atoms with Gasteiger partial charge in [-0.2, -0.15) is 0 Å². The Morgan fingerprint density at radius 3 is 2.50 bits per heavy atom. The second-order valence-electron chi connectivity index (χ2n) is 3.41. The fourth-order valence-corrected chi connectivity index (χ4v) is 1.17. The highest BCUT2D eigenvalue weighted by atomic mass is 19.1. The van der Waals surface area contributed by atoms with Crippen LogP contribution in [0.3, 0.4) is 0 Å². The molecule has 1 rings (SSSR count). The van der Waals surface area contributed by atoms with Gasteiger partial charge in [-0.3, -0.25) is 4.79 Å². The summed E-state index contributed by atoms with van der Waals surface area (Å²) in [6.07, 6.45) is 0. The summed E-state index contributed by atoms with van der Waals surface area (Å²) in [5, 5.41) is 0. The van der Waals surface area contributed by atoms with E-state index in [2.05, 4.69) is 0 Å². The largest absolute Gasteiger partial charge is 0.396 e. The highest BCUT2D eigenvalue weighted by Crippen LogP contribution is 2.19. The molecule has 2 N–H and O–H groups in total. The molecule has 0 heterocycles. The Labute approximate surface area is 82.3 Å². The molecular formula is C10H13FN2O. The summed E-state index contributed by atoms with van der Waals surface area (Å²) < 4.78 is 13.2. The van der Waals surface area contributed by atoms with Gasteiger partial charge in [0, 0.05) is 14.1 Å². The van der Waals surface area contributed by atoms with Crippen molar-refractivity contribution < 1.29 is 9.18 Å². The van der Waals surface area contributed by atoms with E-state index in [1.54, 1.807) is 27.1 Å². The van der Waals surface area contributed by atoms with E-state index in [0.717, 1.165) is 0 Å². The number of anilines is 1. The van der Waals surface area contributed by atoms with Gasteiger partial charge in [-0.25, -0.2) is 4.39 Å². The highest BCUT2D eigenvalue weighted by molar-refractivity contribution is 5.99. The van der Waals surface area contributed by atoms with Gasteiger partial charge in [-0.15, -0.1) is 0 Å². The molecule has 14 heavy (non-hydrogen) atoms. The van der Waals surface area contributed by atoms with Crippen LogP contribution in [0.25, 0.3) is 0 Å². The fourth-order valence-electron chi connectivity index (χ4n) is 1.17. The molecule has 4 heteroatoms. The number of amides is 1. The number of carbonyl (C=O) groups excluding carboxylic acids is 1. The van der Waals surface area contributed by atoms with E-state index in [0.29, 0.717) is 5.56 Å². The Balaban J connectivity index is 3.27. The average molecular weight is 196 g/mol. The molecule has 0 spiro atoms. The van der Waals surface area contributed by atoms with E-state index in [1.807, 2.05) is 0 Å². The normalized spacial score (nSPS) is 10.0. The number of hydrogen-bond acceptors (Lipinski definition) is 2. The van der Waals surface area contributed by atoms with Gasteiger partial charge in [-0.1, -0.05) is 0 Å². The second kappa shape index (κ2) is 3.65. The van der Waals surface area contributed by atoms with E-state index in [9.17, 15) is 9.18 Å². The molecule has 0 bridgehead atoms. The molecule has 0 aliphatic rings. The van der Waals surface area contributed by atoms with E-state index in [4.69, 9.17) is 5.73 Å². The van der Waals surface area contributed by atoms with Crippen molar-refractivity contribution >= 4 is 11.6 Å². The third-order valence-corrected chi connectivity index (χ3v) is 1.91. The fraction of sp³-hybridized carbons (Fsp3) is 0.300. The van der Waals surface area contributed by atoms with Crippen LogP contribution in [-0.2, 0) is 0 Å². The van der Waals surface area contributed by atoms with Gasteiger partial charge in [-0.05, 0) is 24.6 Å². The quantitative estimate of drug-likeness (QED) is 0.690. The predicted molar refractivity (Wildman–Crippen MR) is 53.6 cm³/mol. The van der Waals surface area contributed by atoms with Crippen LogP contribution in [0.5, 0.6) is 0 Å². The standard InChI is InChI=1S/C10H13FN2O/c1-6-4-7(10(14)13(2)3)9(12)8(11)5-6/h4-5H,12H2,1-3H3. The number of nitrogens with two attached hydrogens (primary N) is 1. The first-order valence-electron chi connectivity index (χ1n) is 4.20. The Hall–Kier alpha value is -1.58. The van der Waals surface area contributed by atoms with Crippen molar-refractivity contribution in [2.24, 2.45) is 0 Å². The Bertz CT molecular complexity index is 375. The molecule has 0 radical (unpaired) electrons. The van der Waals surface area contributed by atoms with Gasteiger partial charge < -0.3 is 10.6 Å². The van der Waals surface area contributed by atoms with E-state index < -0.39 is 5.82 Å². The first-order valence-corrected chi connectivity index (χ1v) is 4.20. The van der Waals surface area contributed by atoms with Gasteiger partial charge >= 0.3 is 0 Å². The summed E-state index contributed by atoms with van der Waals surface area (Å²) in [5.74, 6) is -0.833. The number of nitrogens with zero attached hydrogens (tertiary/aromatic N) is 1. The molecule has 3 nitrogen and oxygen atoms in total. The van der Waals surface area contributed by atoms with Crippen molar-refractivity contribution in [1.29, 1.82) is 0 Å². The zero-order chi connectivity index (χ0) is 10.9. The van der Waals surface area contributed by atoms with Crippen LogP contribution < -0.4 is 5.73 Å². The van der Waals surface area contributed by atoms with Crippen LogP contribution in [0.2, 0.25) is 0 Å². The minimum Gasteiger partial charge on any atom is -0.396 e. The Morgan fingerprint density at radius 2 is 2.00 bits per heavy atom. The lowest BCUT2D eigenvalue weighted by atomic mass is 10.1. The summed E-state index contributed by atoms with van der Waals surface area (Å²) >= 11 is 0. The molecule has 0 unspecified atom stereocenters. The molecule has 1 aromatic rings. The van der Waals surface area contributed by atoms with E-state index >= 15 is 0 Å². The highest BCUT2D eigenvalue weighted by Gasteiger charge is 2.15. The predicted octanol–water partition coefficient (Wildman–Crippen LogP) is 1.42. The maximum Gasteiger partial charge on any atom is 0.255 e. The minimum atomic E-state index is -0.546. The van der Waals surface area contributed by atoms with Crippen LogP contribution in [0, 0.1) is 12.7 Å². The van der Waals surface area contributed by atoms with Crippen LogP contribution in [0.4, 0.5) is 10.1 Å². The SMILES string of the molecule is Cc1cc(F)c(N)c(C(=O)N(C)C)c1. The van der Waals surface area contributed by atoms with Crippen molar-refractivity contribution in [2.45, 2.75) is 6.92 Å². The lowest BCUT2D eigenvalue weighted by Gasteiger charge is -2.13. The minimum absolute atomic E-state index is 0.0886. The summed E-state index contributed by atoms with van der Waals surface area (Å²) in [6.45, 7) is 1.72. The first kappa shape index (κ1) is 10.5. The van der Waals surface area contributed by atoms with Crippen LogP contribution in [0.15, 0.2) is 12.1 Å². The lowest BCUT2D eigenvalue weighted by Crippen LogP contribution is -2.23. The maximum absolute atomic E-state index is 13.2. The zero-order valence-electron chi connectivity index (χ0n) is 8.47. The Morgan fingerprint density at radius 1 is 1.43 bits per heavy atom. The number of benzene rings is 1. The van der Waals surface area contributed by atoms with Crippen LogP contribution in [0.1, 0.15) is 15.9 Å². The number of rotatable bonds is 1. The van der Waals surface area contributed by atoms with E-state index in [1.165, 1.54) is 11.0 Å². The second-order valence-corrected chi connectivity index (χ2v) is 3.41. The van der Waals surface area contributed by atoms with Gasteiger partial charge in [0.2, 0.25) is 0 Å². The number of aryl methyl sites for hydroxylation is 1. The van der Waals surface area contributed by atoms with E-state index in [-0.39, 0.29) is 17.2 Å². The van der Waals surface area contributed by atoms with Crippen molar-refractivity contribution in [3.05, 3.63) is 29.1 Å². The molecule has 0 atom stereocenters. The zero-order valence-corrected chi connectivity index (χ0v) is 8.47. The first-order chi connectivity index (χ1) is 6.43. The molecule has 1 aromatic carbocycles. The van der Waals surface area contributed by atoms with Crippen molar-refractivity contribution in [3.63, 3.8) is 0 Å². The molecular weight excluding hydrogens is 183 g/mol. The van der Waals surface area contributed by atoms with Gasteiger partial charge in [0.05, 0.1) is 11.3 Å². The Kier molecular flexibility index (Phi) is 2.74. The molecule has 0 fully saturated rings. The number of hydrogen-bond donors (Lipinski definition) is 1. The topological polar surface area (TPSA) is 46.3 Å². The molecule has 0 aliphatic heterocycles. The molecule has 1 amide bonds. The third-order valence-electron chi connectivity index (χ3n) is 1.91. The molecule has 0 aromatic heterocycles. The summed E-state index contributed by atoms with van der Waals surface area (Å²) in [4.78, 5) is 12.9. The average Bonchev–Trinajstić information content (AvgIpc) is 2.09. The van der Waals surface area contributed by atoms with Crippen molar-refractivity contribution in [3.8, 4) is 0 Å². The molecule has 76 valence electrons. The van der Waals surface area contributed by atoms with Crippen LogP contribution >= 0.6 is 0 Å². The number of carbonyl (C=O) groups is 1. The summed E-state index contributed by atoms with van der Waals surface area (Å²) in [5.41, 5.74) is 6.28. The van der Waals surface area contributed by atoms with Gasteiger partial charge in [0.25, 0.3) is 5.91 Å². The monoisotopic (exact) mass is 196 g/mol. The third kappa shape index (κ3) is 1.84. The summed E-state index contributed by atoms with van der Waals surface area (Å²) in [7, 11) is 3.20. The lowest BCUT2D eigenvalue weighted by molar-refractivity contribution is 0.0828. The number of halogens is 1. The smallest absolute Gasteiger partial charge is 0.255 e. The van der Waals surface area contributed by atoms with Crippen molar-refractivity contribution in [2.75, 3.05) is 19.8 Å². The molecule has 0 aliphatic carbocycles. The van der Waals surface area contributed by atoms with Gasteiger partial charge in [0.1, 0.15) is 5.82 Å². The van der Waals surface area contributed by atoms with Crippen molar-refractivity contribution in [1.82, 2.24) is 4.90 Å². The summed E-state index contributed by atoms with van der Waals surface area (Å²) in [6, 6.07) is 2.89.